The summed E-state index contributed by atoms with van der Waals surface area (Å²) in [4.78, 5) is 28.3. The average molecular weight is 329 g/mol. The first-order valence-electron chi connectivity index (χ1n) is 9.28. The van der Waals surface area contributed by atoms with E-state index in [0.29, 0.717) is 11.8 Å². The maximum Gasteiger partial charge on any atom is 0.239 e. The fraction of sp³-hybridized carbons (Fsp3) is 0.722. The molecule has 0 bridgehead atoms. The number of amides is 1. The van der Waals surface area contributed by atoms with Gasteiger partial charge in [-0.2, -0.15) is 0 Å². The third kappa shape index (κ3) is 3.24. The van der Waals surface area contributed by atoms with Crippen LogP contribution in [0.3, 0.4) is 0 Å². The number of nitrogens with zero attached hydrogens (tertiary/aromatic N) is 5. The Morgan fingerprint density at radius 1 is 1.04 bits per heavy atom. The van der Waals surface area contributed by atoms with Crippen molar-refractivity contribution in [2.75, 3.05) is 44.7 Å². The number of likely N-dealkylation sites (tertiary alicyclic amines) is 1. The van der Waals surface area contributed by atoms with Crippen molar-refractivity contribution in [3.63, 3.8) is 0 Å². The third-order valence-corrected chi connectivity index (χ3v) is 5.61. The summed E-state index contributed by atoms with van der Waals surface area (Å²) < 4.78 is 0. The Morgan fingerprint density at radius 2 is 1.92 bits per heavy atom. The molecule has 130 valence electrons. The van der Waals surface area contributed by atoms with Gasteiger partial charge in [0.2, 0.25) is 5.91 Å². The number of carbonyl (C=O) groups is 1. The Kier molecular flexibility index (Phi) is 4.39. The summed E-state index contributed by atoms with van der Waals surface area (Å²) in [6, 6.07) is 2.25. The Balaban J connectivity index is 1.40. The highest BCUT2D eigenvalue weighted by molar-refractivity contribution is 5.82. The van der Waals surface area contributed by atoms with Crippen LogP contribution in [-0.2, 0) is 4.79 Å². The first-order valence-corrected chi connectivity index (χ1v) is 9.28. The number of rotatable bonds is 3. The molecule has 3 heterocycles. The maximum absolute atomic E-state index is 12.8. The predicted molar refractivity (Wildman–Crippen MR) is 93.1 cm³/mol. The quantitative estimate of drug-likeness (QED) is 0.841. The van der Waals surface area contributed by atoms with E-state index in [4.69, 9.17) is 0 Å². The van der Waals surface area contributed by atoms with Crippen LogP contribution < -0.4 is 4.90 Å². The standard InChI is InChI=1S/C18H27N5O/c1-21-7-2-4-16(21)18(24)23-9-3-8-22(10-11-23)17-12-15(14-5-6-14)19-13-20-17/h12-14,16H,2-11H2,1H3/t16-/m0/s1. The van der Waals surface area contributed by atoms with Crippen molar-refractivity contribution < 1.29 is 4.79 Å². The van der Waals surface area contributed by atoms with Crippen LogP contribution in [-0.4, -0.2) is 71.5 Å². The topological polar surface area (TPSA) is 52.6 Å². The summed E-state index contributed by atoms with van der Waals surface area (Å²) in [5.41, 5.74) is 1.18. The minimum Gasteiger partial charge on any atom is -0.355 e. The lowest BCUT2D eigenvalue weighted by atomic mass is 10.2. The molecule has 2 aliphatic heterocycles. The summed E-state index contributed by atoms with van der Waals surface area (Å²) in [5.74, 6) is 1.99. The van der Waals surface area contributed by atoms with Crippen molar-refractivity contribution in [2.45, 2.75) is 44.1 Å². The molecule has 1 aromatic rings. The zero-order valence-corrected chi connectivity index (χ0v) is 14.5. The molecule has 1 saturated carbocycles. The molecule has 2 saturated heterocycles. The summed E-state index contributed by atoms with van der Waals surface area (Å²) in [7, 11) is 2.07. The lowest BCUT2D eigenvalue weighted by molar-refractivity contribution is -0.135. The maximum atomic E-state index is 12.8. The molecular formula is C18H27N5O. The van der Waals surface area contributed by atoms with Gasteiger partial charge in [0, 0.05) is 43.9 Å². The van der Waals surface area contributed by atoms with Gasteiger partial charge in [-0.25, -0.2) is 9.97 Å². The van der Waals surface area contributed by atoms with Gasteiger partial charge in [-0.05, 0) is 45.7 Å². The number of aromatic nitrogens is 2. The highest BCUT2D eigenvalue weighted by atomic mass is 16.2. The van der Waals surface area contributed by atoms with Crippen LogP contribution in [0.25, 0.3) is 0 Å². The molecule has 0 unspecified atom stereocenters. The van der Waals surface area contributed by atoms with E-state index in [1.54, 1.807) is 6.33 Å². The minimum atomic E-state index is 0.0945. The summed E-state index contributed by atoms with van der Waals surface area (Å²) in [5, 5.41) is 0. The molecule has 6 heteroatoms. The molecule has 0 N–H and O–H groups in total. The molecule has 3 aliphatic rings. The fourth-order valence-corrected chi connectivity index (χ4v) is 3.94. The lowest BCUT2D eigenvalue weighted by Gasteiger charge is -2.27. The van der Waals surface area contributed by atoms with Gasteiger partial charge in [-0.1, -0.05) is 0 Å². The van der Waals surface area contributed by atoms with E-state index in [-0.39, 0.29) is 6.04 Å². The van der Waals surface area contributed by atoms with Crippen LogP contribution >= 0.6 is 0 Å². The second-order valence-corrected chi connectivity index (χ2v) is 7.38. The summed E-state index contributed by atoms with van der Waals surface area (Å²) in [6.45, 7) is 4.53. The van der Waals surface area contributed by atoms with E-state index < -0.39 is 0 Å². The van der Waals surface area contributed by atoms with Gasteiger partial charge in [-0.3, -0.25) is 9.69 Å². The zero-order valence-electron chi connectivity index (χ0n) is 14.5. The van der Waals surface area contributed by atoms with Crippen LogP contribution in [0.15, 0.2) is 12.4 Å². The van der Waals surface area contributed by atoms with Gasteiger partial charge in [0.15, 0.2) is 0 Å². The van der Waals surface area contributed by atoms with Crippen LogP contribution in [0.5, 0.6) is 0 Å². The number of likely N-dealkylation sites (N-methyl/N-ethyl adjacent to an activating group) is 1. The van der Waals surface area contributed by atoms with Crippen molar-refractivity contribution in [3.8, 4) is 0 Å². The van der Waals surface area contributed by atoms with Gasteiger partial charge in [0.1, 0.15) is 12.1 Å². The molecule has 0 aromatic carbocycles. The van der Waals surface area contributed by atoms with Gasteiger partial charge < -0.3 is 9.80 Å². The van der Waals surface area contributed by atoms with E-state index in [2.05, 4.69) is 37.8 Å². The SMILES string of the molecule is CN1CCC[C@H]1C(=O)N1CCCN(c2cc(C3CC3)ncn2)CC1. The van der Waals surface area contributed by atoms with Crippen LogP contribution in [0.1, 0.15) is 43.7 Å². The Labute approximate surface area is 143 Å². The third-order valence-electron chi connectivity index (χ3n) is 5.61. The molecule has 3 fully saturated rings. The molecule has 1 atom stereocenters. The number of hydrogen-bond acceptors (Lipinski definition) is 5. The Hall–Kier alpha value is -1.69. The van der Waals surface area contributed by atoms with Crippen molar-refractivity contribution in [1.29, 1.82) is 0 Å². The molecular weight excluding hydrogens is 302 g/mol. The number of carbonyl (C=O) groups excluding carboxylic acids is 1. The summed E-state index contributed by atoms with van der Waals surface area (Å²) in [6.07, 6.45) is 7.36. The smallest absolute Gasteiger partial charge is 0.239 e. The van der Waals surface area contributed by atoms with Crippen molar-refractivity contribution in [1.82, 2.24) is 19.8 Å². The Bertz CT molecular complexity index is 603. The average Bonchev–Trinajstić information content (AvgIpc) is 3.40. The van der Waals surface area contributed by atoms with Crippen LogP contribution in [0, 0.1) is 0 Å². The minimum absolute atomic E-state index is 0.0945. The second kappa shape index (κ2) is 6.67. The van der Waals surface area contributed by atoms with Gasteiger partial charge >= 0.3 is 0 Å². The van der Waals surface area contributed by atoms with Crippen LogP contribution in [0.2, 0.25) is 0 Å². The van der Waals surface area contributed by atoms with Gasteiger partial charge in [0.05, 0.1) is 6.04 Å². The molecule has 24 heavy (non-hydrogen) atoms. The lowest BCUT2D eigenvalue weighted by Crippen LogP contribution is -2.45. The van der Waals surface area contributed by atoms with Crippen molar-refractivity contribution in [2.24, 2.45) is 0 Å². The summed E-state index contributed by atoms with van der Waals surface area (Å²) >= 11 is 0. The molecule has 6 nitrogen and oxygen atoms in total. The highest BCUT2D eigenvalue weighted by Gasteiger charge is 2.32. The largest absolute Gasteiger partial charge is 0.355 e. The zero-order chi connectivity index (χ0) is 16.5. The van der Waals surface area contributed by atoms with Gasteiger partial charge in [-0.15, -0.1) is 0 Å². The van der Waals surface area contributed by atoms with Crippen molar-refractivity contribution in [3.05, 3.63) is 18.1 Å². The fourth-order valence-electron chi connectivity index (χ4n) is 3.94. The van der Waals surface area contributed by atoms with E-state index in [1.807, 2.05) is 0 Å². The van der Waals surface area contributed by atoms with E-state index in [9.17, 15) is 4.79 Å². The molecule has 0 radical (unpaired) electrons. The van der Waals surface area contributed by atoms with Crippen molar-refractivity contribution >= 4 is 11.7 Å². The number of hydrogen-bond donors (Lipinski definition) is 0. The van der Waals surface area contributed by atoms with E-state index >= 15 is 0 Å². The molecule has 1 aliphatic carbocycles. The van der Waals surface area contributed by atoms with E-state index in [1.165, 1.54) is 18.5 Å². The number of anilines is 1. The van der Waals surface area contributed by atoms with Crippen LogP contribution in [0.4, 0.5) is 5.82 Å². The molecule has 0 spiro atoms. The first-order chi connectivity index (χ1) is 11.7. The predicted octanol–water partition coefficient (Wildman–Crippen LogP) is 1.49. The van der Waals surface area contributed by atoms with Gasteiger partial charge in [0.25, 0.3) is 0 Å². The van der Waals surface area contributed by atoms with E-state index in [0.717, 1.165) is 57.8 Å². The normalized spacial score (nSPS) is 25.8. The Morgan fingerprint density at radius 3 is 2.67 bits per heavy atom. The molecule has 1 amide bonds. The molecule has 4 rings (SSSR count). The second-order valence-electron chi connectivity index (χ2n) is 7.38. The molecule has 1 aromatic heterocycles. The monoisotopic (exact) mass is 329 g/mol. The highest BCUT2D eigenvalue weighted by Crippen LogP contribution is 2.39. The first kappa shape index (κ1) is 15.8.